The maximum Gasteiger partial charge on any atom is 0.134 e. The molecule has 4 aromatic rings. The molecule has 3 heteroatoms. The molecule has 158 valence electrons. The first-order chi connectivity index (χ1) is 14.4. The first-order valence-corrected chi connectivity index (χ1v) is 12.2. The van der Waals surface area contributed by atoms with Crippen LogP contribution < -0.4 is 0 Å². The summed E-state index contributed by atoms with van der Waals surface area (Å²) in [6.45, 7) is 9.49. The standard InChI is InChI=1S/C27H33NOS/c1-5-30-19-16-27(4,22-9-7-11-24-21(22)13-18-29-24)15-14-26(2,3)23-10-6-8-20-12-17-28-25(20)23/h6-13,17-18,28H,5,14-16,19H2,1-4H3. The third-order valence-corrected chi connectivity index (χ3v) is 7.67. The molecule has 2 aromatic carbocycles. The van der Waals surface area contributed by atoms with Crippen molar-refractivity contribution in [3.8, 4) is 0 Å². The molecule has 0 amide bonds. The molecule has 0 spiro atoms. The molecule has 0 aliphatic rings. The van der Waals surface area contributed by atoms with Crippen LogP contribution in [0.3, 0.4) is 0 Å². The van der Waals surface area contributed by atoms with Crippen molar-refractivity contribution in [2.75, 3.05) is 11.5 Å². The Hall–Kier alpha value is -2.13. The zero-order chi connectivity index (χ0) is 21.2. The topological polar surface area (TPSA) is 28.9 Å². The summed E-state index contributed by atoms with van der Waals surface area (Å²) in [7, 11) is 0. The van der Waals surface area contributed by atoms with Gasteiger partial charge in [0, 0.05) is 17.1 Å². The zero-order valence-electron chi connectivity index (χ0n) is 18.6. The van der Waals surface area contributed by atoms with E-state index in [1.54, 1.807) is 0 Å². The number of aromatic amines is 1. The molecule has 4 rings (SSSR count). The van der Waals surface area contributed by atoms with Gasteiger partial charge in [0.1, 0.15) is 5.58 Å². The highest BCUT2D eigenvalue weighted by atomic mass is 32.2. The van der Waals surface area contributed by atoms with Gasteiger partial charge in [-0.3, -0.25) is 0 Å². The van der Waals surface area contributed by atoms with E-state index >= 15 is 0 Å². The van der Waals surface area contributed by atoms with Crippen LogP contribution in [0.5, 0.6) is 0 Å². The van der Waals surface area contributed by atoms with Gasteiger partial charge in [-0.25, -0.2) is 0 Å². The van der Waals surface area contributed by atoms with Gasteiger partial charge in [-0.1, -0.05) is 58.0 Å². The van der Waals surface area contributed by atoms with E-state index in [4.69, 9.17) is 4.42 Å². The molecule has 30 heavy (non-hydrogen) atoms. The lowest BCUT2D eigenvalue weighted by Gasteiger charge is -2.35. The minimum absolute atomic E-state index is 0.0911. The van der Waals surface area contributed by atoms with E-state index < -0.39 is 0 Å². The van der Waals surface area contributed by atoms with Gasteiger partial charge < -0.3 is 9.40 Å². The molecule has 1 unspecified atom stereocenters. The van der Waals surface area contributed by atoms with E-state index in [1.807, 2.05) is 18.0 Å². The van der Waals surface area contributed by atoms with Crippen molar-refractivity contribution in [1.29, 1.82) is 0 Å². The summed E-state index contributed by atoms with van der Waals surface area (Å²) in [4.78, 5) is 3.47. The predicted molar refractivity (Wildman–Crippen MR) is 132 cm³/mol. The molecule has 0 bridgehead atoms. The molecular weight excluding hydrogens is 386 g/mol. The summed E-state index contributed by atoms with van der Waals surface area (Å²) in [6.07, 6.45) is 7.33. The lowest BCUT2D eigenvalue weighted by Crippen LogP contribution is -2.28. The summed E-state index contributed by atoms with van der Waals surface area (Å²) >= 11 is 2.04. The maximum absolute atomic E-state index is 5.72. The highest BCUT2D eigenvalue weighted by molar-refractivity contribution is 7.99. The van der Waals surface area contributed by atoms with Gasteiger partial charge in [0.15, 0.2) is 0 Å². The summed E-state index contributed by atoms with van der Waals surface area (Å²) in [5, 5.41) is 2.57. The molecular formula is C27H33NOS. The van der Waals surface area contributed by atoms with Crippen LogP contribution in [0.2, 0.25) is 0 Å². The second kappa shape index (κ2) is 8.55. The van der Waals surface area contributed by atoms with Gasteiger partial charge in [-0.05, 0) is 76.3 Å². The van der Waals surface area contributed by atoms with Crippen molar-refractivity contribution >= 4 is 33.6 Å². The number of nitrogens with one attached hydrogen (secondary N) is 1. The van der Waals surface area contributed by atoms with Crippen LogP contribution in [0.15, 0.2) is 65.4 Å². The van der Waals surface area contributed by atoms with Gasteiger partial charge in [0.2, 0.25) is 0 Å². The highest BCUT2D eigenvalue weighted by Crippen LogP contribution is 2.42. The first-order valence-electron chi connectivity index (χ1n) is 11.1. The molecule has 0 fully saturated rings. The molecule has 0 saturated carbocycles. The molecule has 0 radical (unpaired) electrons. The fourth-order valence-electron chi connectivity index (χ4n) is 4.73. The van der Waals surface area contributed by atoms with Gasteiger partial charge in [-0.2, -0.15) is 11.8 Å². The van der Waals surface area contributed by atoms with Gasteiger partial charge >= 0.3 is 0 Å². The third-order valence-electron chi connectivity index (χ3n) is 6.77. The molecule has 0 aliphatic carbocycles. The Morgan fingerprint density at radius 2 is 1.70 bits per heavy atom. The Morgan fingerprint density at radius 3 is 2.53 bits per heavy atom. The van der Waals surface area contributed by atoms with E-state index in [0.29, 0.717) is 0 Å². The van der Waals surface area contributed by atoms with Crippen molar-refractivity contribution in [1.82, 2.24) is 4.98 Å². The van der Waals surface area contributed by atoms with Crippen molar-refractivity contribution < 1.29 is 4.42 Å². The fraction of sp³-hybridized carbons (Fsp3) is 0.407. The van der Waals surface area contributed by atoms with E-state index in [0.717, 1.165) is 18.4 Å². The molecule has 0 aliphatic heterocycles. The molecule has 2 nitrogen and oxygen atoms in total. The Balaban J connectivity index is 1.65. The SMILES string of the molecule is CCSCCC(C)(CCC(C)(C)c1cccc2cc[nH]c12)c1cccc2occc12. The van der Waals surface area contributed by atoms with Crippen LogP contribution >= 0.6 is 11.8 Å². The second-order valence-electron chi connectivity index (χ2n) is 9.28. The second-order valence-corrected chi connectivity index (χ2v) is 10.7. The number of furan rings is 1. The van der Waals surface area contributed by atoms with Crippen LogP contribution in [0.25, 0.3) is 21.9 Å². The quantitative estimate of drug-likeness (QED) is 0.278. The van der Waals surface area contributed by atoms with Crippen LogP contribution in [-0.4, -0.2) is 16.5 Å². The predicted octanol–water partition coefficient (Wildman–Crippen LogP) is 8.07. The molecule has 1 N–H and O–H groups in total. The number of hydrogen-bond donors (Lipinski definition) is 1. The van der Waals surface area contributed by atoms with E-state index in [9.17, 15) is 0 Å². The molecule has 1 atom stereocenters. The van der Waals surface area contributed by atoms with Crippen LogP contribution in [0.1, 0.15) is 58.1 Å². The first kappa shape index (κ1) is 21.1. The number of para-hydroxylation sites is 1. The normalized spacial score (nSPS) is 14.4. The summed E-state index contributed by atoms with van der Waals surface area (Å²) in [5.41, 5.74) is 5.33. The Bertz CT molecular complexity index is 1120. The fourth-order valence-corrected chi connectivity index (χ4v) is 5.61. The minimum atomic E-state index is 0.0911. The van der Waals surface area contributed by atoms with E-state index in [-0.39, 0.29) is 10.8 Å². The molecule has 2 aromatic heterocycles. The van der Waals surface area contributed by atoms with Crippen molar-refractivity contribution in [2.45, 2.75) is 57.8 Å². The summed E-state index contributed by atoms with van der Waals surface area (Å²) < 4.78 is 5.72. The van der Waals surface area contributed by atoms with Gasteiger partial charge in [-0.15, -0.1) is 0 Å². The molecule has 0 saturated heterocycles. The Kier molecular flexibility index (Phi) is 6.02. The Morgan fingerprint density at radius 1 is 0.900 bits per heavy atom. The number of H-pyrrole nitrogens is 1. The van der Waals surface area contributed by atoms with E-state index in [1.165, 1.54) is 45.3 Å². The lowest BCUT2D eigenvalue weighted by atomic mass is 9.70. The minimum Gasteiger partial charge on any atom is -0.464 e. The van der Waals surface area contributed by atoms with Crippen molar-refractivity contribution in [3.63, 3.8) is 0 Å². The van der Waals surface area contributed by atoms with Gasteiger partial charge in [0.25, 0.3) is 0 Å². The number of thioether (sulfide) groups is 1. The number of aromatic nitrogens is 1. The Labute approximate surface area is 184 Å². The zero-order valence-corrected chi connectivity index (χ0v) is 19.4. The average molecular weight is 420 g/mol. The monoisotopic (exact) mass is 419 g/mol. The van der Waals surface area contributed by atoms with Crippen LogP contribution in [-0.2, 0) is 10.8 Å². The average Bonchev–Trinajstić information content (AvgIpc) is 3.41. The largest absolute Gasteiger partial charge is 0.464 e. The number of benzene rings is 2. The van der Waals surface area contributed by atoms with E-state index in [2.05, 4.69) is 87.4 Å². The summed E-state index contributed by atoms with van der Waals surface area (Å²) in [6, 6.07) is 17.5. The van der Waals surface area contributed by atoms with Crippen LogP contribution in [0, 0.1) is 0 Å². The third kappa shape index (κ3) is 4.05. The van der Waals surface area contributed by atoms with Crippen molar-refractivity contribution in [2.24, 2.45) is 0 Å². The number of rotatable bonds is 9. The van der Waals surface area contributed by atoms with Crippen molar-refractivity contribution in [3.05, 3.63) is 72.1 Å². The molecule has 2 heterocycles. The maximum atomic E-state index is 5.72. The number of fused-ring (bicyclic) bond motifs is 2. The smallest absolute Gasteiger partial charge is 0.134 e. The lowest BCUT2D eigenvalue weighted by molar-refractivity contribution is 0.350. The number of hydrogen-bond acceptors (Lipinski definition) is 2. The van der Waals surface area contributed by atoms with Gasteiger partial charge in [0.05, 0.1) is 6.26 Å². The van der Waals surface area contributed by atoms with Crippen LogP contribution in [0.4, 0.5) is 0 Å². The highest BCUT2D eigenvalue weighted by Gasteiger charge is 2.32. The summed E-state index contributed by atoms with van der Waals surface area (Å²) in [5.74, 6) is 2.36.